The standard InChI is InChI=1S/C18H12Cl3NO4S/c19-12-2-3-14(20)17(9-12)27(23,24)13(10-22)6-11-7-15(21)18-16(8-11)25-4-1-5-26-18/h2-3,6-9H,1,4-5H2/b13-6+. The molecule has 140 valence electrons. The summed E-state index contributed by atoms with van der Waals surface area (Å²) in [6, 6.07) is 8.79. The summed E-state index contributed by atoms with van der Waals surface area (Å²) in [5.74, 6) is 0.785. The number of allylic oxidation sites excluding steroid dienone is 1. The maximum atomic E-state index is 12.8. The van der Waals surface area contributed by atoms with E-state index in [2.05, 4.69) is 0 Å². The SMILES string of the molecule is N#C/C(=C\c1cc(Cl)c2c(c1)OCCCO2)S(=O)(=O)c1cc(Cl)ccc1Cl. The van der Waals surface area contributed by atoms with E-state index in [9.17, 15) is 13.7 Å². The first kappa shape index (κ1) is 19.8. The molecule has 27 heavy (non-hydrogen) atoms. The largest absolute Gasteiger partial charge is 0.489 e. The molecule has 9 heteroatoms. The van der Waals surface area contributed by atoms with Crippen molar-refractivity contribution in [2.75, 3.05) is 13.2 Å². The number of nitriles is 1. The minimum Gasteiger partial charge on any atom is -0.489 e. The molecule has 1 aliphatic rings. The predicted octanol–water partition coefficient (Wildman–Crippen LogP) is 5.15. The van der Waals surface area contributed by atoms with Crippen molar-refractivity contribution < 1.29 is 17.9 Å². The van der Waals surface area contributed by atoms with Gasteiger partial charge in [0.05, 0.1) is 28.2 Å². The fraction of sp³-hybridized carbons (Fsp3) is 0.167. The van der Waals surface area contributed by atoms with Crippen LogP contribution in [0.5, 0.6) is 11.5 Å². The third-order valence-corrected chi connectivity index (χ3v) is 6.37. The highest BCUT2D eigenvalue weighted by molar-refractivity contribution is 7.95. The molecule has 0 atom stereocenters. The second kappa shape index (κ2) is 7.99. The first-order valence-corrected chi connectivity index (χ1v) is 10.4. The van der Waals surface area contributed by atoms with Crippen molar-refractivity contribution in [1.29, 1.82) is 5.26 Å². The molecule has 0 spiro atoms. The molecule has 0 radical (unpaired) electrons. The lowest BCUT2D eigenvalue weighted by molar-refractivity contribution is 0.297. The van der Waals surface area contributed by atoms with E-state index in [1.165, 1.54) is 30.3 Å². The van der Waals surface area contributed by atoms with Gasteiger partial charge < -0.3 is 9.47 Å². The number of halogens is 3. The summed E-state index contributed by atoms with van der Waals surface area (Å²) in [7, 11) is -4.18. The van der Waals surface area contributed by atoms with E-state index in [4.69, 9.17) is 44.3 Å². The van der Waals surface area contributed by atoms with Crippen LogP contribution in [0.4, 0.5) is 0 Å². The van der Waals surface area contributed by atoms with Gasteiger partial charge in [-0.2, -0.15) is 5.26 Å². The zero-order valence-corrected chi connectivity index (χ0v) is 16.8. The lowest BCUT2D eigenvalue weighted by Gasteiger charge is -2.10. The molecule has 2 aromatic carbocycles. The summed E-state index contributed by atoms with van der Waals surface area (Å²) in [6.45, 7) is 0.908. The normalized spacial score (nSPS) is 14.4. The Morgan fingerprint density at radius 1 is 1.07 bits per heavy atom. The molecule has 1 heterocycles. The van der Waals surface area contributed by atoms with Gasteiger partial charge in [0.1, 0.15) is 11.0 Å². The van der Waals surface area contributed by atoms with Crippen LogP contribution in [-0.4, -0.2) is 21.6 Å². The van der Waals surface area contributed by atoms with Gasteiger partial charge in [0.25, 0.3) is 0 Å². The number of rotatable bonds is 3. The maximum absolute atomic E-state index is 12.8. The second-order valence-electron chi connectivity index (χ2n) is 5.58. The lowest BCUT2D eigenvalue weighted by Crippen LogP contribution is -2.04. The minimum atomic E-state index is -4.18. The fourth-order valence-electron chi connectivity index (χ4n) is 2.46. The number of nitrogens with zero attached hydrogens (tertiary/aromatic N) is 1. The Bertz CT molecular complexity index is 1070. The minimum absolute atomic E-state index is 0.0303. The Hall–Kier alpha value is -1.91. The second-order valence-corrected chi connectivity index (χ2v) is 8.72. The summed E-state index contributed by atoms with van der Waals surface area (Å²) in [5.41, 5.74) is 0.377. The molecule has 3 rings (SSSR count). The summed E-state index contributed by atoms with van der Waals surface area (Å²) >= 11 is 18.1. The van der Waals surface area contributed by atoms with Crippen LogP contribution in [0.15, 0.2) is 40.1 Å². The number of ether oxygens (including phenoxy) is 2. The molecule has 0 bridgehead atoms. The van der Waals surface area contributed by atoms with Crippen LogP contribution in [0.25, 0.3) is 6.08 Å². The average Bonchev–Trinajstić information content (AvgIpc) is 2.87. The van der Waals surface area contributed by atoms with Crippen LogP contribution >= 0.6 is 34.8 Å². The summed E-state index contributed by atoms with van der Waals surface area (Å²) in [5, 5.41) is 9.85. The summed E-state index contributed by atoms with van der Waals surface area (Å²) in [6.07, 6.45) is 1.90. The summed E-state index contributed by atoms with van der Waals surface area (Å²) < 4.78 is 36.8. The van der Waals surface area contributed by atoms with E-state index in [1.54, 1.807) is 12.1 Å². The van der Waals surface area contributed by atoms with Crippen LogP contribution in [0.3, 0.4) is 0 Å². The predicted molar refractivity (Wildman–Crippen MR) is 104 cm³/mol. The molecule has 0 N–H and O–H groups in total. The first-order valence-electron chi connectivity index (χ1n) is 7.74. The Kier molecular flexibility index (Phi) is 5.87. The monoisotopic (exact) mass is 443 g/mol. The van der Waals surface area contributed by atoms with Gasteiger partial charge in [-0.15, -0.1) is 0 Å². The fourth-order valence-corrected chi connectivity index (χ4v) is 4.64. The molecule has 0 saturated carbocycles. The molecule has 0 fully saturated rings. The molecule has 1 aliphatic heterocycles. The van der Waals surface area contributed by atoms with Crippen LogP contribution < -0.4 is 9.47 Å². The van der Waals surface area contributed by atoms with Gasteiger partial charge in [-0.1, -0.05) is 34.8 Å². The Morgan fingerprint density at radius 2 is 1.81 bits per heavy atom. The van der Waals surface area contributed by atoms with E-state index in [-0.39, 0.29) is 20.0 Å². The topological polar surface area (TPSA) is 76.4 Å². The van der Waals surface area contributed by atoms with E-state index in [0.717, 1.165) is 0 Å². The lowest BCUT2D eigenvalue weighted by atomic mass is 10.2. The van der Waals surface area contributed by atoms with Crippen molar-refractivity contribution in [2.45, 2.75) is 11.3 Å². The van der Waals surface area contributed by atoms with E-state index < -0.39 is 14.7 Å². The molecule has 0 amide bonds. The van der Waals surface area contributed by atoms with Crippen molar-refractivity contribution in [3.8, 4) is 17.6 Å². The maximum Gasteiger partial charge on any atom is 0.218 e. The van der Waals surface area contributed by atoms with Crippen LogP contribution in [0.2, 0.25) is 15.1 Å². The number of hydrogen-bond donors (Lipinski definition) is 0. The Balaban J connectivity index is 2.09. The third-order valence-electron chi connectivity index (χ3n) is 3.70. The van der Waals surface area contributed by atoms with Gasteiger partial charge in [0, 0.05) is 11.4 Å². The zero-order chi connectivity index (χ0) is 19.6. The smallest absolute Gasteiger partial charge is 0.218 e. The molecule has 5 nitrogen and oxygen atoms in total. The van der Waals surface area contributed by atoms with Gasteiger partial charge in [-0.3, -0.25) is 0 Å². The molecular weight excluding hydrogens is 433 g/mol. The molecule has 0 unspecified atom stereocenters. The van der Waals surface area contributed by atoms with E-state index in [0.29, 0.717) is 36.7 Å². The summed E-state index contributed by atoms with van der Waals surface area (Å²) in [4.78, 5) is -0.748. The van der Waals surface area contributed by atoms with Gasteiger partial charge in [0.2, 0.25) is 9.84 Å². The number of hydrogen-bond acceptors (Lipinski definition) is 5. The van der Waals surface area contributed by atoms with E-state index >= 15 is 0 Å². The molecule has 0 aromatic heterocycles. The Morgan fingerprint density at radius 3 is 2.56 bits per heavy atom. The first-order chi connectivity index (χ1) is 12.8. The third kappa shape index (κ3) is 4.17. The van der Waals surface area contributed by atoms with Crippen LogP contribution in [0.1, 0.15) is 12.0 Å². The van der Waals surface area contributed by atoms with E-state index in [1.807, 2.05) is 0 Å². The number of sulfone groups is 1. The van der Waals surface area contributed by atoms with Gasteiger partial charge in [-0.25, -0.2) is 8.42 Å². The van der Waals surface area contributed by atoms with Crippen LogP contribution in [-0.2, 0) is 9.84 Å². The zero-order valence-electron chi connectivity index (χ0n) is 13.7. The molecule has 0 saturated heterocycles. The van der Waals surface area contributed by atoms with Crippen LogP contribution in [0, 0.1) is 11.3 Å². The molecular formula is C18H12Cl3NO4S. The van der Waals surface area contributed by atoms with Gasteiger partial charge in [0.15, 0.2) is 11.5 Å². The van der Waals surface area contributed by atoms with Crippen molar-refractivity contribution in [3.63, 3.8) is 0 Å². The van der Waals surface area contributed by atoms with Gasteiger partial charge >= 0.3 is 0 Å². The van der Waals surface area contributed by atoms with Crippen molar-refractivity contribution >= 4 is 50.7 Å². The highest BCUT2D eigenvalue weighted by Gasteiger charge is 2.25. The molecule has 0 aliphatic carbocycles. The van der Waals surface area contributed by atoms with Crippen molar-refractivity contribution in [3.05, 3.63) is 55.9 Å². The molecule has 2 aromatic rings. The number of fused-ring (bicyclic) bond motifs is 1. The number of benzene rings is 2. The highest BCUT2D eigenvalue weighted by atomic mass is 35.5. The Labute approximate surface area is 171 Å². The van der Waals surface area contributed by atoms with Crippen molar-refractivity contribution in [2.24, 2.45) is 0 Å². The average molecular weight is 445 g/mol. The quantitative estimate of drug-likeness (QED) is 0.612. The highest BCUT2D eigenvalue weighted by Crippen LogP contribution is 2.39. The van der Waals surface area contributed by atoms with Gasteiger partial charge in [-0.05, 0) is 42.0 Å². The van der Waals surface area contributed by atoms with Crippen molar-refractivity contribution in [1.82, 2.24) is 0 Å².